The van der Waals surface area contributed by atoms with Gasteiger partial charge in [-0.15, -0.1) is 0 Å². The lowest BCUT2D eigenvalue weighted by molar-refractivity contribution is 0.0952. The molecule has 6 heteroatoms. The second kappa shape index (κ2) is 7.39. The number of methoxy groups -OCH3 is 2. The zero-order chi connectivity index (χ0) is 18.7. The van der Waals surface area contributed by atoms with E-state index in [1.807, 2.05) is 6.07 Å². The number of nitrogens with one attached hydrogen (secondary N) is 1. The van der Waals surface area contributed by atoms with E-state index >= 15 is 0 Å². The van der Waals surface area contributed by atoms with Gasteiger partial charge in [-0.25, -0.2) is 4.39 Å². The first kappa shape index (κ1) is 17.7. The number of aromatic nitrogens is 1. The van der Waals surface area contributed by atoms with E-state index in [-0.39, 0.29) is 18.3 Å². The molecule has 0 aliphatic heterocycles. The van der Waals surface area contributed by atoms with Crippen LogP contribution in [0.2, 0.25) is 0 Å². The highest BCUT2D eigenvalue weighted by Gasteiger charge is 2.14. The summed E-state index contributed by atoms with van der Waals surface area (Å²) in [5.74, 6) is 0.659. The Balaban J connectivity index is 1.86. The Hall–Kier alpha value is -3.15. The molecule has 0 spiro atoms. The summed E-state index contributed by atoms with van der Waals surface area (Å²) in [4.78, 5) is 17.0. The number of halogens is 1. The van der Waals surface area contributed by atoms with Crippen LogP contribution in [-0.4, -0.2) is 25.1 Å². The van der Waals surface area contributed by atoms with Crippen molar-refractivity contribution < 1.29 is 18.7 Å². The molecule has 1 amide bonds. The van der Waals surface area contributed by atoms with Crippen LogP contribution in [0, 0.1) is 12.7 Å². The Labute approximate surface area is 150 Å². The van der Waals surface area contributed by atoms with Gasteiger partial charge in [0.1, 0.15) is 17.3 Å². The second-order valence-electron chi connectivity index (χ2n) is 5.83. The maximum atomic E-state index is 13.5. The lowest BCUT2D eigenvalue weighted by Crippen LogP contribution is -2.23. The third-order valence-electron chi connectivity index (χ3n) is 4.08. The van der Waals surface area contributed by atoms with Crippen molar-refractivity contribution >= 4 is 16.8 Å². The van der Waals surface area contributed by atoms with Crippen LogP contribution in [0.1, 0.15) is 21.6 Å². The van der Waals surface area contributed by atoms with Gasteiger partial charge in [0.25, 0.3) is 5.91 Å². The van der Waals surface area contributed by atoms with Crippen LogP contribution in [0.4, 0.5) is 4.39 Å². The Morgan fingerprint density at radius 2 is 1.92 bits per heavy atom. The van der Waals surface area contributed by atoms with Crippen molar-refractivity contribution in [2.75, 3.05) is 14.2 Å². The average Bonchev–Trinajstić information content (AvgIpc) is 2.64. The van der Waals surface area contributed by atoms with E-state index in [1.54, 1.807) is 45.4 Å². The molecule has 1 N–H and O–H groups in total. The summed E-state index contributed by atoms with van der Waals surface area (Å²) in [5, 5.41) is 3.49. The minimum absolute atomic E-state index is 0.259. The second-order valence-corrected chi connectivity index (χ2v) is 5.83. The van der Waals surface area contributed by atoms with Crippen molar-refractivity contribution in [2.24, 2.45) is 0 Å². The lowest BCUT2D eigenvalue weighted by atomic mass is 10.1. The molecule has 0 aliphatic carbocycles. The fourth-order valence-corrected chi connectivity index (χ4v) is 2.79. The summed E-state index contributed by atoms with van der Waals surface area (Å²) in [5.41, 5.74) is 2.38. The minimum Gasteiger partial charge on any atom is -0.497 e. The monoisotopic (exact) mass is 354 g/mol. The number of hydrogen-bond acceptors (Lipinski definition) is 4. The van der Waals surface area contributed by atoms with Crippen molar-refractivity contribution in [3.63, 3.8) is 0 Å². The predicted octanol–water partition coefficient (Wildman–Crippen LogP) is 3.63. The standard InChI is InChI=1S/C20H19FN2O3/c1-12-8-17(16-7-5-14(21)9-18(16)23-12)20(24)22-11-13-4-6-15(25-2)10-19(13)26-3/h4-10H,11H2,1-3H3,(H,22,24). The summed E-state index contributed by atoms with van der Waals surface area (Å²) in [6.07, 6.45) is 0. The number of amides is 1. The Bertz CT molecular complexity index is 967. The molecule has 5 nitrogen and oxygen atoms in total. The molecule has 2 aromatic carbocycles. The molecule has 0 saturated carbocycles. The van der Waals surface area contributed by atoms with E-state index in [2.05, 4.69) is 10.3 Å². The van der Waals surface area contributed by atoms with Gasteiger partial charge < -0.3 is 14.8 Å². The molecule has 1 heterocycles. The van der Waals surface area contributed by atoms with E-state index < -0.39 is 0 Å². The molecule has 1 aromatic heterocycles. The Morgan fingerprint density at radius 3 is 2.65 bits per heavy atom. The summed E-state index contributed by atoms with van der Waals surface area (Å²) < 4.78 is 24.0. The fourth-order valence-electron chi connectivity index (χ4n) is 2.79. The van der Waals surface area contributed by atoms with Crippen LogP contribution in [0.15, 0.2) is 42.5 Å². The first-order chi connectivity index (χ1) is 12.5. The third-order valence-corrected chi connectivity index (χ3v) is 4.08. The average molecular weight is 354 g/mol. The molecule has 134 valence electrons. The summed E-state index contributed by atoms with van der Waals surface area (Å²) in [6.45, 7) is 2.06. The van der Waals surface area contributed by atoms with Crippen LogP contribution in [0.5, 0.6) is 11.5 Å². The predicted molar refractivity (Wildman–Crippen MR) is 97.2 cm³/mol. The largest absolute Gasteiger partial charge is 0.497 e. The van der Waals surface area contributed by atoms with E-state index in [9.17, 15) is 9.18 Å². The highest BCUT2D eigenvalue weighted by atomic mass is 19.1. The van der Waals surface area contributed by atoms with Gasteiger partial charge >= 0.3 is 0 Å². The zero-order valence-electron chi connectivity index (χ0n) is 14.8. The van der Waals surface area contributed by atoms with Crippen LogP contribution in [0.25, 0.3) is 10.9 Å². The number of carbonyl (C=O) groups is 1. The van der Waals surface area contributed by atoms with E-state index in [0.717, 1.165) is 5.56 Å². The third kappa shape index (κ3) is 3.59. The zero-order valence-corrected chi connectivity index (χ0v) is 14.8. The van der Waals surface area contributed by atoms with Crippen molar-refractivity contribution in [1.82, 2.24) is 10.3 Å². The summed E-state index contributed by atoms with van der Waals surface area (Å²) in [6, 6.07) is 11.3. The van der Waals surface area contributed by atoms with Gasteiger partial charge in [-0.2, -0.15) is 0 Å². The van der Waals surface area contributed by atoms with Crippen LogP contribution < -0.4 is 14.8 Å². The van der Waals surface area contributed by atoms with Crippen molar-refractivity contribution in [2.45, 2.75) is 13.5 Å². The number of ether oxygens (including phenoxy) is 2. The maximum absolute atomic E-state index is 13.5. The number of nitrogens with zero attached hydrogens (tertiary/aromatic N) is 1. The number of hydrogen-bond donors (Lipinski definition) is 1. The molecule has 0 atom stereocenters. The summed E-state index contributed by atoms with van der Waals surface area (Å²) >= 11 is 0. The fraction of sp³-hybridized carbons (Fsp3) is 0.200. The van der Waals surface area contributed by atoms with Gasteiger partial charge in [0.2, 0.25) is 0 Å². The molecular formula is C20H19FN2O3. The van der Waals surface area contributed by atoms with Crippen LogP contribution in [-0.2, 0) is 6.54 Å². The Morgan fingerprint density at radius 1 is 1.12 bits per heavy atom. The van der Waals surface area contributed by atoms with Gasteiger partial charge in [0, 0.05) is 35.3 Å². The summed E-state index contributed by atoms with van der Waals surface area (Å²) in [7, 11) is 3.14. The number of rotatable bonds is 5. The number of aryl methyl sites for hydroxylation is 1. The van der Waals surface area contributed by atoms with Crippen LogP contribution >= 0.6 is 0 Å². The molecule has 0 fully saturated rings. The SMILES string of the molecule is COc1ccc(CNC(=O)c2cc(C)nc3cc(F)ccc23)c(OC)c1. The molecule has 0 radical (unpaired) electrons. The van der Waals surface area contributed by atoms with Crippen molar-refractivity contribution in [3.05, 3.63) is 65.1 Å². The normalized spacial score (nSPS) is 10.6. The van der Waals surface area contributed by atoms with Gasteiger partial charge in [-0.3, -0.25) is 9.78 Å². The number of benzene rings is 2. The van der Waals surface area contributed by atoms with Gasteiger partial charge in [0.05, 0.1) is 25.3 Å². The molecule has 3 aromatic rings. The van der Waals surface area contributed by atoms with E-state index in [4.69, 9.17) is 9.47 Å². The van der Waals surface area contributed by atoms with Gasteiger partial charge in [-0.05, 0) is 37.3 Å². The smallest absolute Gasteiger partial charge is 0.252 e. The van der Waals surface area contributed by atoms with Crippen LogP contribution in [0.3, 0.4) is 0 Å². The first-order valence-electron chi connectivity index (χ1n) is 8.08. The minimum atomic E-state index is -0.384. The van der Waals surface area contributed by atoms with Gasteiger partial charge in [-0.1, -0.05) is 0 Å². The quantitative estimate of drug-likeness (QED) is 0.760. The lowest BCUT2D eigenvalue weighted by Gasteiger charge is -2.12. The van der Waals surface area contributed by atoms with Crippen molar-refractivity contribution in [1.29, 1.82) is 0 Å². The van der Waals surface area contributed by atoms with Gasteiger partial charge in [0.15, 0.2) is 0 Å². The molecule has 0 bridgehead atoms. The number of pyridine rings is 1. The highest BCUT2D eigenvalue weighted by molar-refractivity contribution is 6.06. The number of fused-ring (bicyclic) bond motifs is 1. The molecule has 3 rings (SSSR count). The molecule has 0 saturated heterocycles. The maximum Gasteiger partial charge on any atom is 0.252 e. The number of carbonyl (C=O) groups excluding carboxylic acids is 1. The van der Waals surface area contributed by atoms with Crippen molar-refractivity contribution in [3.8, 4) is 11.5 Å². The first-order valence-corrected chi connectivity index (χ1v) is 8.08. The molecule has 26 heavy (non-hydrogen) atoms. The topological polar surface area (TPSA) is 60.5 Å². The molecule has 0 aliphatic rings. The Kier molecular flexibility index (Phi) is 5.02. The highest BCUT2D eigenvalue weighted by Crippen LogP contribution is 2.25. The van der Waals surface area contributed by atoms with E-state index in [0.29, 0.717) is 33.7 Å². The molecule has 0 unspecified atom stereocenters. The van der Waals surface area contributed by atoms with E-state index in [1.165, 1.54) is 12.1 Å². The molecular weight excluding hydrogens is 335 g/mol.